The van der Waals surface area contributed by atoms with Gasteiger partial charge in [-0.1, -0.05) is 47.7 Å². The van der Waals surface area contributed by atoms with Crippen LogP contribution in [0.3, 0.4) is 0 Å². The van der Waals surface area contributed by atoms with Crippen LogP contribution in [0, 0.1) is 6.92 Å². The number of piperazine rings is 1. The van der Waals surface area contributed by atoms with Gasteiger partial charge in [-0.15, -0.1) is 11.3 Å². The lowest BCUT2D eigenvalue weighted by Gasteiger charge is -2.36. The molecule has 3 aromatic rings. The van der Waals surface area contributed by atoms with Gasteiger partial charge in [-0.25, -0.2) is 4.98 Å². The molecule has 0 spiro atoms. The highest BCUT2D eigenvalue weighted by atomic mass is 32.2. The molecule has 1 saturated heterocycles. The summed E-state index contributed by atoms with van der Waals surface area (Å²) in [5, 5.41) is 2.02. The van der Waals surface area contributed by atoms with Crippen LogP contribution in [0.2, 0.25) is 0 Å². The Labute approximate surface area is 192 Å². The van der Waals surface area contributed by atoms with Crippen molar-refractivity contribution < 1.29 is 9.53 Å². The van der Waals surface area contributed by atoms with Crippen molar-refractivity contribution in [1.29, 1.82) is 0 Å². The molecule has 0 bridgehead atoms. The average Bonchev–Trinajstić information content (AvgIpc) is 3.26. The summed E-state index contributed by atoms with van der Waals surface area (Å²) in [7, 11) is 1.68. The van der Waals surface area contributed by atoms with Crippen molar-refractivity contribution >= 4 is 34.7 Å². The Morgan fingerprint density at radius 1 is 1.13 bits per heavy atom. The first-order chi connectivity index (χ1) is 15.1. The van der Waals surface area contributed by atoms with Crippen molar-refractivity contribution in [3.8, 4) is 5.75 Å². The zero-order valence-corrected chi connectivity index (χ0v) is 19.5. The number of ether oxygens (including phenoxy) is 1. The van der Waals surface area contributed by atoms with Crippen LogP contribution in [0.15, 0.2) is 58.3 Å². The molecule has 0 saturated carbocycles. The number of hydrogen-bond acceptors (Lipinski definition) is 6. The highest BCUT2D eigenvalue weighted by Gasteiger charge is 2.22. The van der Waals surface area contributed by atoms with Crippen molar-refractivity contribution in [2.24, 2.45) is 0 Å². The molecular weight excluding hydrogens is 426 g/mol. The molecule has 5 nitrogen and oxygen atoms in total. The van der Waals surface area contributed by atoms with Gasteiger partial charge in [0.15, 0.2) is 0 Å². The smallest absolute Gasteiger partial charge is 0.228 e. The monoisotopic (exact) mass is 453 g/mol. The van der Waals surface area contributed by atoms with Gasteiger partial charge < -0.3 is 14.5 Å². The minimum Gasteiger partial charge on any atom is -0.497 e. The summed E-state index contributed by atoms with van der Waals surface area (Å²) >= 11 is 3.35. The molecule has 0 unspecified atom stereocenters. The third-order valence-corrected chi connectivity index (χ3v) is 7.54. The van der Waals surface area contributed by atoms with Crippen LogP contribution in [-0.4, -0.2) is 49.1 Å². The number of thiazole rings is 1. The Morgan fingerprint density at radius 3 is 2.65 bits per heavy atom. The molecule has 7 heteroatoms. The minimum absolute atomic E-state index is 0.158. The largest absolute Gasteiger partial charge is 0.497 e. The first-order valence-electron chi connectivity index (χ1n) is 10.4. The van der Waals surface area contributed by atoms with Gasteiger partial charge in [0.2, 0.25) is 5.91 Å². The number of anilines is 1. The molecule has 1 aliphatic heterocycles. The van der Waals surface area contributed by atoms with Crippen LogP contribution in [0.25, 0.3) is 0 Å². The molecular formula is C24H27N3O2S2. The maximum absolute atomic E-state index is 12.8. The maximum Gasteiger partial charge on any atom is 0.228 e. The van der Waals surface area contributed by atoms with E-state index in [0.29, 0.717) is 6.42 Å². The Kier molecular flexibility index (Phi) is 7.14. The molecule has 1 fully saturated rings. The van der Waals surface area contributed by atoms with Gasteiger partial charge in [0.05, 0.1) is 19.2 Å². The lowest BCUT2D eigenvalue weighted by Crippen LogP contribution is -2.49. The Bertz CT molecular complexity index is 1010. The Hall–Kier alpha value is -2.51. The fraction of sp³-hybridized carbons (Fsp3) is 0.333. The SMILES string of the molecule is COc1cccc(N2CCN(C(=O)Cc3csc(SCc4ccc(C)cc4)n3)CC2)c1. The molecule has 1 aliphatic rings. The van der Waals surface area contributed by atoms with E-state index >= 15 is 0 Å². The number of carbonyl (C=O) groups is 1. The molecule has 4 rings (SSSR count). The summed E-state index contributed by atoms with van der Waals surface area (Å²) in [6.45, 7) is 5.21. The van der Waals surface area contributed by atoms with E-state index in [1.165, 1.54) is 11.1 Å². The van der Waals surface area contributed by atoms with Crippen LogP contribution in [0.5, 0.6) is 5.75 Å². The molecule has 1 amide bonds. The minimum atomic E-state index is 0.158. The van der Waals surface area contributed by atoms with E-state index in [1.807, 2.05) is 28.5 Å². The number of methoxy groups -OCH3 is 1. The summed E-state index contributed by atoms with van der Waals surface area (Å²) in [6, 6.07) is 16.7. The number of aromatic nitrogens is 1. The summed E-state index contributed by atoms with van der Waals surface area (Å²) in [4.78, 5) is 21.7. The highest BCUT2D eigenvalue weighted by molar-refractivity contribution is 8.00. The second-order valence-electron chi connectivity index (χ2n) is 7.63. The summed E-state index contributed by atoms with van der Waals surface area (Å²) < 4.78 is 6.34. The predicted octanol–water partition coefficient (Wildman–Crippen LogP) is 4.64. The van der Waals surface area contributed by atoms with Crippen molar-refractivity contribution in [3.05, 3.63) is 70.7 Å². The summed E-state index contributed by atoms with van der Waals surface area (Å²) in [5.41, 5.74) is 4.57. The number of nitrogens with zero attached hydrogens (tertiary/aromatic N) is 3. The lowest BCUT2D eigenvalue weighted by atomic mass is 10.2. The molecule has 0 N–H and O–H groups in total. The van der Waals surface area contributed by atoms with E-state index in [0.717, 1.165) is 53.4 Å². The van der Waals surface area contributed by atoms with Gasteiger partial charge in [-0.2, -0.15) is 0 Å². The number of rotatable bonds is 7. The zero-order valence-electron chi connectivity index (χ0n) is 17.9. The fourth-order valence-corrected chi connectivity index (χ4v) is 5.35. The second-order valence-corrected chi connectivity index (χ2v) is 9.71. The first-order valence-corrected chi connectivity index (χ1v) is 12.3. The van der Waals surface area contributed by atoms with Crippen LogP contribution >= 0.6 is 23.1 Å². The predicted molar refractivity (Wildman–Crippen MR) is 128 cm³/mol. The Balaban J connectivity index is 1.26. The number of amides is 1. The Morgan fingerprint density at radius 2 is 1.90 bits per heavy atom. The summed E-state index contributed by atoms with van der Waals surface area (Å²) in [6.07, 6.45) is 0.376. The van der Waals surface area contributed by atoms with Crippen LogP contribution in [0.4, 0.5) is 5.69 Å². The first kappa shape index (κ1) is 21.7. The van der Waals surface area contributed by atoms with Crippen molar-refractivity contribution in [3.63, 3.8) is 0 Å². The molecule has 31 heavy (non-hydrogen) atoms. The number of thioether (sulfide) groups is 1. The molecule has 2 heterocycles. The van der Waals surface area contributed by atoms with E-state index in [2.05, 4.69) is 47.1 Å². The van der Waals surface area contributed by atoms with E-state index in [-0.39, 0.29) is 5.91 Å². The topological polar surface area (TPSA) is 45.7 Å². The van der Waals surface area contributed by atoms with Gasteiger partial charge in [-0.3, -0.25) is 4.79 Å². The lowest BCUT2D eigenvalue weighted by molar-refractivity contribution is -0.130. The van der Waals surface area contributed by atoms with E-state index in [4.69, 9.17) is 4.74 Å². The average molecular weight is 454 g/mol. The molecule has 0 aliphatic carbocycles. The number of hydrogen-bond donors (Lipinski definition) is 0. The van der Waals surface area contributed by atoms with E-state index < -0.39 is 0 Å². The fourth-order valence-electron chi connectivity index (χ4n) is 3.55. The quantitative estimate of drug-likeness (QED) is 0.488. The van der Waals surface area contributed by atoms with Gasteiger partial charge in [0.1, 0.15) is 10.1 Å². The number of carbonyl (C=O) groups excluding carboxylic acids is 1. The highest BCUT2D eigenvalue weighted by Crippen LogP contribution is 2.27. The van der Waals surface area contributed by atoms with Crippen molar-refractivity contribution in [1.82, 2.24) is 9.88 Å². The van der Waals surface area contributed by atoms with Gasteiger partial charge in [0.25, 0.3) is 0 Å². The standard InChI is InChI=1S/C24H27N3O2S2/c1-18-6-8-19(9-7-18)16-30-24-25-20(17-31-24)14-23(28)27-12-10-26(11-13-27)21-4-3-5-22(15-21)29-2/h3-9,15,17H,10-14,16H2,1-2H3. The van der Waals surface area contributed by atoms with Crippen LogP contribution in [-0.2, 0) is 17.0 Å². The van der Waals surface area contributed by atoms with Crippen molar-refractivity contribution in [2.45, 2.75) is 23.4 Å². The third kappa shape index (κ3) is 5.80. The van der Waals surface area contributed by atoms with Gasteiger partial charge in [0, 0.05) is 49.1 Å². The van der Waals surface area contributed by atoms with E-state index in [1.54, 1.807) is 30.2 Å². The van der Waals surface area contributed by atoms with E-state index in [9.17, 15) is 4.79 Å². The molecule has 1 aromatic heterocycles. The summed E-state index contributed by atoms with van der Waals surface area (Å²) in [5.74, 6) is 1.91. The molecule has 162 valence electrons. The van der Waals surface area contributed by atoms with Gasteiger partial charge >= 0.3 is 0 Å². The molecule has 0 atom stereocenters. The van der Waals surface area contributed by atoms with Crippen LogP contribution in [0.1, 0.15) is 16.8 Å². The number of benzene rings is 2. The maximum atomic E-state index is 12.8. The normalized spacial score (nSPS) is 14.0. The zero-order chi connectivity index (χ0) is 21.6. The van der Waals surface area contributed by atoms with Gasteiger partial charge in [-0.05, 0) is 24.6 Å². The van der Waals surface area contributed by atoms with Crippen LogP contribution < -0.4 is 9.64 Å². The third-order valence-electron chi connectivity index (χ3n) is 5.40. The van der Waals surface area contributed by atoms with Crippen molar-refractivity contribution in [2.75, 3.05) is 38.2 Å². The molecule has 0 radical (unpaired) electrons. The second kappa shape index (κ2) is 10.2. The number of aryl methyl sites for hydroxylation is 1. The molecule has 2 aromatic carbocycles.